The monoisotopic (exact) mass is 300 g/mol. The minimum atomic E-state index is -4.42. The molecular weight excluding hydrogens is 289 g/mol. The van der Waals surface area contributed by atoms with Crippen molar-refractivity contribution in [3.63, 3.8) is 0 Å². The highest BCUT2D eigenvalue weighted by molar-refractivity contribution is 6.33. The molecule has 2 aromatic carbocycles. The van der Waals surface area contributed by atoms with E-state index in [1.54, 1.807) is 18.2 Å². The topological polar surface area (TPSA) is 38.0 Å². The van der Waals surface area contributed by atoms with Gasteiger partial charge in [0.1, 0.15) is 0 Å². The van der Waals surface area contributed by atoms with E-state index in [1.807, 2.05) is 6.92 Å². The second kappa shape index (κ2) is 5.25. The molecule has 106 valence electrons. The summed E-state index contributed by atoms with van der Waals surface area (Å²) in [5, 5.41) is 3.02. The lowest BCUT2D eigenvalue weighted by Gasteiger charge is -2.14. The number of hydrogen-bond donors (Lipinski definition) is 2. The third-order valence-corrected chi connectivity index (χ3v) is 3.10. The molecule has 2 rings (SSSR count). The number of alkyl halides is 3. The number of nitrogens with two attached hydrogens (primary N) is 1. The normalized spacial score (nSPS) is 11.4. The van der Waals surface area contributed by atoms with E-state index in [1.165, 1.54) is 6.07 Å². The first-order valence-corrected chi connectivity index (χ1v) is 6.15. The van der Waals surface area contributed by atoms with Crippen molar-refractivity contribution in [2.24, 2.45) is 0 Å². The number of hydrogen-bond acceptors (Lipinski definition) is 2. The average molecular weight is 301 g/mol. The zero-order chi connectivity index (χ0) is 14.9. The molecule has 0 atom stereocenters. The molecule has 0 fully saturated rings. The minimum absolute atomic E-state index is 0.164. The Morgan fingerprint density at radius 1 is 1.05 bits per heavy atom. The Hall–Kier alpha value is -1.88. The van der Waals surface area contributed by atoms with Gasteiger partial charge in [0, 0.05) is 0 Å². The van der Waals surface area contributed by atoms with Crippen LogP contribution in [0.15, 0.2) is 36.4 Å². The molecule has 0 spiro atoms. The summed E-state index contributed by atoms with van der Waals surface area (Å²) in [6.07, 6.45) is -4.42. The Morgan fingerprint density at radius 2 is 1.75 bits per heavy atom. The fourth-order valence-electron chi connectivity index (χ4n) is 1.74. The summed E-state index contributed by atoms with van der Waals surface area (Å²) in [7, 11) is 0. The molecule has 0 bridgehead atoms. The van der Waals surface area contributed by atoms with Crippen LogP contribution in [-0.4, -0.2) is 0 Å². The zero-order valence-electron chi connectivity index (χ0n) is 10.6. The Balaban J connectivity index is 2.38. The summed E-state index contributed by atoms with van der Waals surface area (Å²) in [5.41, 5.74) is 7.13. The maximum Gasteiger partial charge on any atom is 0.416 e. The zero-order valence-corrected chi connectivity index (χ0v) is 11.3. The summed E-state index contributed by atoms with van der Waals surface area (Å²) in [4.78, 5) is 0. The first-order valence-electron chi connectivity index (χ1n) is 5.77. The molecule has 0 saturated heterocycles. The van der Waals surface area contributed by atoms with E-state index in [0.29, 0.717) is 11.4 Å². The molecule has 0 aromatic heterocycles. The molecule has 0 aliphatic heterocycles. The highest BCUT2D eigenvalue weighted by atomic mass is 35.5. The SMILES string of the molecule is Cc1ccc(Nc2cc(C(F)(F)F)ccc2Cl)c(N)c1. The second-order valence-corrected chi connectivity index (χ2v) is 4.82. The molecule has 0 unspecified atom stereocenters. The quantitative estimate of drug-likeness (QED) is 0.767. The van der Waals surface area contributed by atoms with Gasteiger partial charge in [-0.15, -0.1) is 0 Å². The third-order valence-electron chi connectivity index (χ3n) is 2.77. The molecule has 20 heavy (non-hydrogen) atoms. The molecule has 2 aromatic rings. The highest BCUT2D eigenvalue weighted by Gasteiger charge is 2.31. The van der Waals surface area contributed by atoms with Crippen LogP contribution in [-0.2, 0) is 6.18 Å². The van der Waals surface area contributed by atoms with Gasteiger partial charge in [-0.05, 0) is 42.8 Å². The van der Waals surface area contributed by atoms with Crippen molar-refractivity contribution < 1.29 is 13.2 Å². The first kappa shape index (κ1) is 14.5. The van der Waals surface area contributed by atoms with Gasteiger partial charge in [0.2, 0.25) is 0 Å². The van der Waals surface area contributed by atoms with E-state index < -0.39 is 11.7 Å². The Kier molecular flexibility index (Phi) is 3.81. The van der Waals surface area contributed by atoms with Crippen molar-refractivity contribution in [1.82, 2.24) is 0 Å². The molecule has 0 radical (unpaired) electrons. The van der Waals surface area contributed by atoms with Crippen molar-refractivity contribution >= 4 is 28.7 Å². The summed E-state index contributed by atoms with van der Waals surface area (Å²) in [6, 6.07) is 8.33. The summed E-state index contributed by atoms with van der Waals surface area (Å²) in [6.45, 7) is 1.87. The molecule has 0 saturated carbocycles. The first-order chi connectivity index (χ1) is 9.27. The van der Waals surface area contributed by atoms with E-state index in [9.17, 15) is 13.2 Å². The number of nitrogen functional groups attached to an aromatic ring is 1. The summed E-state index contributed by atoms with van der Waals surface area (Å²) >= 11 is 5.91. The number of anilines is 3. The van der Waals surface area contributed by atoms with Gasteiger partial charge < -0.3 is 11.1 Å². The van der Waals surface area contributed by atoms with Gasteiger partial charge in [0.15, 0.2) is 0 Å². The van der Waals surface area contributed by atoms with Gasteiger partial charge in [-0.2, -0.15) is 13.2 Å². The lowest BCUT2D eigenvalue weighted by molar-refractivity contribution is -0.137. The second-order valence-electron chi connectivity index (χ2n) is 4.41. The standard InChI is InChI=1S/C14H12ClF3N2/c1-8-2-5-12(11(19)6-8)20-13-7-9(14(16,17)18)3-4-10(13)15/h2-7,20H,19H2,1H3. The van der Waals surface area contributed by atoms with Gasteiger partial charge in [-0.3, -0.25) is 0 Å². The van der Waals surface area contributed by atoms with Crippen molar-refractivity contribution in [1.29, 1.82) is 0 Å². The van der Waals surface area contributed by atoms with Crippen LogP contribution in [0.5, 0.6) is 0 Å². The lowest BCUT2D eigenvalue weighted by Crippen LogP contribution is -2.06. The molecular formula is C14H12ClF3N2. The van der Waals surface area contributed by atoms with Crippen LogP contribution >= 0.6 is 11.6 Å². The highest BCUT2D eigenvalue weighted by Crippen LogP contribution is 2.35. The fraction of sp³-hybridized carbons (Fsp3) is 0.143. The number of halogens is 4. The Bertz CT molecular complexity index is 639. The van der Waals surface area contributed by atoms with E-state index in [4.69, 9.17) is 17.3 Å². The van der Waals surface area contributed by atoms with Crippen LogP contribution in [0, 0.1) is 6.92 Å². The van der Waals surface area contributed by atoms with E-state index in [-0.39, 0.29) is 10.7 Å². The average Bonchev–Trinajstić information content (AvgIpc) is 2.33. The Labute approximate surface area is 119 Å². The van der Waals surface area contributed by atoms with Crippen LogP contribution in [0.1, 0.15) is 11.1 Å². The van der Waals surface area contributed by atoms with Crippen molar-refractivity contribution in [3.05, 3.63) is 52.5 Å². The molecule has 0 amide bonds. The minimum Gasteiger partial charge on any atom is -0.397 e. The van der Waals surface area contributed by atoms with Gasteiger partial charge in [-0.25, -0.2) is 0 Å². The molecule has 6 heteroatoms. The smallest absolute Gasteiger partial charge is 0.397 e. The molecule has 0 aliphatic rings. The fourth-order valence-corrected chi connectivity index (χ4v) is 1.90. The molecule has 2 nitrogen and oxygen atoms in total. The maximum atomic E-state index is 12.7. The Morgan fingerprint density at radius 3 is 2.35 bits per heavy atom. The largest absolute Gasteiger partial charge is 0.416 e. The van der Waals surface area contributed by atoms with Gasteiger partial charge >= 0.3 is 6.18 Å². The van der Waals surface area contributed by atoms with Crippen LogP contribution < -0.4 is 11.1 Å². The van der Waals surface area contributed by atoms with Crippen molar-refractivity contribution in [3.8, 4) is 0 Å². The molecule has 0 heterocycles. The van der Waals surface area contributed by atoms with Gasteiger partial charge in [0.25, 0.3) is 0 Å². The predicted molar refractivity (Wildman–Crippen MR) is 75.3 cm³/mol. The lowest BCUT2D eigenvalue weighted by atomic mass is 10.1. The molecule has 0 aliphatic carbocycles. The van der Waals surface area contributed by atoms with Gasteiger partial charge in [0.05, 0.1) is 27.6 Å². The van der Waals surface area contributed by atoms with Crippen LogP contribution in [0.4, 0.5) is 30.2 Å². The molecule has 3 N–H and O–H groups in total. The predicted octanol–water partition coefficient (Wildman–Crippen LogP) is 4.99. The number of nitrogens with one attached hydrogen (secondary N) is 1. The van der Waals surface area contributed by atoms with E-state index in [0.717, 1.165) is 17.7 Å². The van der Waals surface area contributed by atoms with Crippen LogP contribution in [0.25, 0.3) is 0 Å². The number of benzene rings is 2. The number of aryl methyl sites for hydroxylation is 1. The van der Waals surface area contributed by atoms with Crippen molar-refractivity contribution in [2.45, 2.75) is 13.1 Å². The van der Waals surface area contributed by atoms with Crippen LogP contribution in [0.3, 0.4) is 0 Å². The van der Waals surface area contributed by atoms with Crippen LogP contribution in [0.2, 0.25) is 5.02 Å². The van der Waals surface area contributed by atoms with Gasteiger partial charge in [-0.1, -0.05) is 17.7 Å². The third kappa shape index (κ3) is 3.17. The van der Waals surface area contributed by atoms with Crippen molar-refractivity contribution in [2.75, 3.05) is 11.1 Å². The van der Waals surface area contributed by atoms with E-state index in [2.05, 4.69) is 5.32 Å². The summed E-state index contributed by atoms with van der Waals surface area (Å²) < 4.78 is 38.0. The maximum absolute atomic E-state index is 12.7. The van der Waals surface area contributed by atoms with E-state index >= 15 is 0 Å². The number of rotatable bonds is 2. The summed E-state index contributed by atoms with van der Waals surface area (Å²) in [5.74, 6) is 0.